The number of carbonyl (C=O) groups is 1. The molecule has 1 fully saturated rings. The lowest BCUT2D eigenvalue weighted by Gasteiger charge is -2.19. The molecule has 1 aromatic carbocycles. The molecule has 1 aromatic heterocycles. The minimum Gasteiger partial charge on any atom is -0.352 e. The number of nitrogens with one attached hydrogen (secondary N) is 1. The van der Waals surface area contributed by atoms with Gasteiger partial charge in [0.2, 0.25) is 15.9 Å². The number of nitrogens with zero attached hydrogens (tertiary/aromatic N) is 2. The van der Waals surface area contributed by atoms with Gasteiger partial charge in [-0.2, -0.15) is 4.31 Å². The number of amides is 1. The van der Waals surface area contributed by atoms with E-state index in [4.69, 9.17) is 0 Å². The summed E-state index contributed by atoms with van der Waals surface area (Å²) >= 11 is 0. The highest BCUT2D eigenvalue weighted by Gasteiger charge is 2.24. The van der Waals surface area contributed by atoms with E-state index in [1.54, 1.807) is 47.0 Å². The summed E-state index contributed by atoms with van der Waals surface area (Å²) in [6.45, 7) is 1.70. The predicted octanol–water partition coefficient (Wildman–Crippen LogP) is 3.02. The average molecular weight is 414 g/mol. The van der Waals surface area contributed by atoms with Crippen LogP contribution < -0.4 is 5.32 Å². The molecule has 2 aromatic rings. The Morgan fingerprint density at radius 1 is 1.07 bits per heavy atom. The molecule has 154 valence electrons. The van der Waals surface area contributed by atoms with E-state index < -0.39 is 10.0 Å². The standard InChI is InChI=1S/C22H27N3O3S/c26-22(24-15-13-20-6-5-14-23-18-20)12-9-19-7-10-21(11-8-19)29(27,28)25-16-3-1-2-4-17-25/h5-12,14,18H,1-4,13,15-17H2,(H,24,26)/b12-9+. The van der Waals surface area contributed by atoms with Crippen LogP contribution in [-0.4, -0.2) is 43.2 Å². The molecule has 1 N–H and O–H groups in total. The van der Waals surface area contributed by atoms with Crippen LogP contribution in [0.2, 0.25) is 0 Å². The van der Waals surface area contributed by atoms with Gasteiger partial charge in [0.05, 0.1) is 4.90 Å². The summed E-state index contributed by atoms with van der Waals surface area (Å²) in [5.41, 5.74) is 1.85. The van der Waals surface area contributed by atoms with Crippen LogP contribution in [-0.2, 0) is 21.2 Å². The van der Waals surface area contributed by atoms with Crippen LogP contribution in [0.4, 0.5) is 0 Å². The van der Waals surface area contributed by atoms with Gasteiger partial charge in [0.15, 0.2) is 0 Å². The van der Waals surface area contributed by atoms with Crippen LogP contribution in [0.5, 0.6) is 0 Å². The summed E-state index contributed by atoms with van der Waals surface area (Å²) in [6.07, 6.45) is 11.4. The summed E-state index contributed by atoms with van der Waals surface area (Å²) in [5, 5.41) is 2.83. The molecule has 6 nitrogen and oxygen atoms in total. The highest BCUT2D eigenvalue weighted by Crippen LogP contribution is 2.20. The highest BCUT2D eigenvalue weighted by molar-refractivity contribution is 7.89. The number of hydrogen-bond donors (Lipinski definition) is 1. The lowest BCUT2D eigenvalue weighted by molar-refractivity contribution is -0.116. The van der Waals surface area contributed by atoms with Gasteiger partial charge in [-0.3, -0.25) is 9.78 Å². The van der Waals surface area contributed by atoms with Crippen molar-refractivity contribution in [3.63, 3.8) is 0 Å². The third-order valence-electron chi connectivity index (χ3n) is 4.95. The monoisotopic (exact) mass is 413 g/mol. The summed E-state index contributed by atoms with van der Waals surface area (Å²) in [4.78, 5) is 16.3. The first kappa shape index (κ1) is 21.2. The minimum absolute atomic E-state index is 0.185. The number of benzene rings is 1. The normalized spacial score (nSPS) is 15.9. The second-order valence-electron chi connectivity index (χ2n) is 7.12. The predicted molar refractivity (Wildman–Crippen MR) is 114 cm³/mol. The number of hydrogen-bond acceptors (Lipinski definition) is 4. The van der Waals surface area contributed by atoms with E-state index in [2.05, 4.69) is 10.3 Å². The maximum atomic E-state index is 12.8. The molecule has 0 atom stereocenters. The van der Waals surface area contributed by atoms with Gasteiger partial charge in [0.25, 0.3) is 0 Å². The fraction of sp³-hybridized carbons (Fsp3) is 0.364. The van der Waals surface area contributed by atoms with Gasteiger partial charge in [-0.1, -0.05) is 31.0 Å². The number of pyridine rings is 1. The second kappa shape index (κ2) is 10.3. The largest absolute Gasteiger partial charge is 0.352 e. The van der Waals surface area contributed by atoms with Gasteiger partial charge in [-0.05, 0) is 54.7 Å². The number of sulfonamides is 1. The summed E-state index contributed by atoms with van der Waals surface area (Å²) in [5.74, 6) is -0.185. The zero-order chi connectivity index (χ0) is 20.5. The van der Waals surface area contributed by atoms with Gasteiger partial charge < -0.3 is 5.32 Å². The van der Waals surface area contributed by atoms with Crippen LogP contribution in [0.25, 0.3) is 6.08 Å². The molecule has 29 heavy (non-hydrogen) atoms. The van der Waals surface area contributed by atoms with E-state index in [0.29, 0.717) is 24.5 Å². The topological polar surface area (TPSA) is 79.4 Å². The van der Waals surface area contributed by atoms with Crippen LogP contribution in [0, 0.1) is 0 Å². The van der Waals surface area contributed by atoms with Gasteiger partial charge in [0, 0.05) is 38.1 Å². The average Bonchev–Trinajstić information content (AvgIpc) is 3.04. The van der Waals surface area contributed by atoms with Crippen molar-refractivity contribution < 1.29 is 13.2 Å². The van der Waals surface area contributed by atoms with E-state index >= 15 is 0 Å². The van der Waals surface area contributed by atoms with Crippen molar-refractivity contribution in [2.24, 2.45) is 0 Å². The SMILES string of the molecule is O=C(/C=C/c1ccc(S(=O)(=O)N2CCCCCC2)cc1)NCCc1cccnc1. The fourth-order valence-corrected chi connectivity index (χ4v) is 4.81. The Bertz CT molecular complexity index is 918. The first-order valence-electron chi connectivity index (χ1n) is 10.0. The van der Waals surface area contributed by atoms with Crippen LogP contribution in [0.3, 0.4) is 0 Å². The van der Waals surface area contributed by atoms with Gasteiger partial charge >= 0.3 is 0 Å². The fourth-order valence-electron chi connectivity index (χ4n) is 3.29. The first-order valence-corrected chi connectivity index (χ1v) is 11.4. The highest BCUT2D eigenvalue weighted by atomic mass is 32.2. The van der Waals surface area contributed by atoms with Gasteiger partial charge in [0.1, 0.15) is 0 Å². The van der Waals surface area contributed by atoms with Crippen molar-refractivity contribution in [1.29, 1.82) is 0 Å². The smallest absolute Gasteiger partial charge is 0.244 e. The molecule has 0 saturated carbocycles. The Hall–Kier alpha value is -2.51. The molecule has 1 aliphatic heterocycles. The quantitative estimate of drug-likeness (QED) is 0.708. The molecule has 1 aliphatic rings. The van der Waals surface area contributed by atoms with Gasteiger partial charge in [-0.25, -0.2) is 8.42 Å². The summed E-state index contributed by atoms with van der Waals surface area (Å²) in [7, 11) is -3.45. The molecule has 0 bridgehead atoms. The summed E-state index contributed by atoms with van der Waals surface area (Å²) in [6, 6.07) is 10.5. The maximum absolute atomic E-state index is 12.8. The molecule has 0 unspecified atom stereocenters. The Morgan fingerprint density at radius 3 is 2.45 bits per heavy atom. The molecule has 2 heterocycles. The van der Waals surface area contributed by atoms with E-state index in [1.807, 2.05) is 12.1 Å². The van der Waals surface area contributed by atoms with Crippen molar-refractivity contribution in [3.05, 3.63) is 66.0 Å². The van der Waals surface area contributed by atoms with Crippen molar-refractivity contribution >= 4 is 22.0 Å². The third kappa shape index (κ3) is 6.24. The molecule has 0 radical (unpaired) electrons. The Kier molecular flexibility index (Phi) is 7.55. The van der Waals surface area contributed by atoms with E-state index in [1.165, 1.54) is 6.08 Å². The molecule has 1 amide bonds. The molecule has 7 heteroatoms. The molecule has 0 aliphatic carbocycles. The second-order valence-corrected chi connectivity index (χ2v) is 9.06. The van der Waals surface area contributed by atoms with Crippen molar-refractivity contribution in [3.8, 4) is 0 Å². The summed E-state index contributed by atoms with van der Waals surface area (Å²) < 4.78 is 27.2. The van der Waals surface area contributed by atoms with E-state index in [9.17, 15) is 13.2 Å². The lowest BCUT2D eigenvalue weighted by atomic mass is 10.2. The Morgan fingerprint density at radius 2 is 1.79 bits per heavy atom. The molecular formula is C22H27N3O3S. The third-order valence-corrected chi connectivity index (χ3v) is 6.86. The van der Waals surface area contributed by atoms with E-state index in [0.717, 1.165) is 43.2 Å². The van der Waals surface area contributed by atoms with Crippen molar-refractivity contribution in [2.45, 2.75) is 37.0 Å². The number of rotatable bonds is 7. The maximum Gasteiger partial charge on any atom is 0.244 e. The Labute approximate surface area is 172 Å². The minimum atomic E-state index is -3.45. The van der Waals surface area contributed by atoms with Crippen LogP contribution >= 0.6 is 0 Å². The number of aromatic nitrogens is 1. The van der Waals surface area contributed by atoms with Crippen molar-refractivity contribution in [2.75, 3.05) is 19.6 Å². The zero-order valence-corrected chi connectivity index (χ0v) is 17.3. The van der Waals surface area contributed by atoms with Crippen LogP contribution in [0.1, 0.15) is 36.8 Å². The molecule has 0 spiro atoms. The molecule has 3 rings (SSSR count). The Balaban J connectivity index is 1.53. The first-order chi connectivity index (χ1) is 14.1. The zero-order valence-electron chi connectivity index (χ0n) is 16.5. The lowest BCUT2D eigenvalue weighted by Crippen LogP contribution is -2.31. The van der Waals surface area contributed by atoms with Crippen molar-refractivity contribution in [1.82, 2.24) is 14.6 Å². The van der Waals surface area contributed by atoms with E-state index in [-0.39, 0.29) is 5.91 Å². The van der Waals surface area contributed by atoms with Crippen LogP contribution in [0.15, 0.2) is 59.8 Å². The molecular weight excluding hydrogens is 386 g/mol. The van der Waals surface area contributed by atoms with Gasteiger partial charge in [-0.15, -0.1) is 0 Å². The number of carbonyl (C=O) groups excluding carboxylic acids is 1. The molecule has 1 saturated heterocycles.